The summed E-state index contributed by atoms with van der Waals surface area (Å²) in [4.78, 5) is 2.39. The zero-order chi connectivity index (χ0) is 9.56. The zero-order valence-corrected chi connectivity index (χ0v) is 9.56. The lowest BCUT2D eigenvalue weighted by atomic mass is 10.0. The maximum Gasteiger partial charge on any atom is 0.0235 e. The van der Waals surface area contributed by atoms with Crippen LogP contribution in [0.3, 0.4) is 0 Å². The third-order valence-electron chi connectivity index (χ3n) is 2.21. The summed E-state index contributed by atoms with van der Waals surface area (Å²) in [5.41, 5.74) is 0. The predicted molar refractivity (Wildman–Crippen MR) is 56.9 cm³/mol. The molecule has 0 aliphatic heterocycles. The molecule has 74 valence electrons. The van der Waals surface area contributed by atoms with Crippen LogP contribution >= 0.6 is 11.6 Å². The Kier molecular flexibility index (Phi) is 6.87. The summed E-state index contributed by atoms with van der Waals surface area (Å²) in [7, 11) is 2.18. The van der Waals surface area contributed by atoms with Crippen LogP contribution in [0.5, 0.6) is 0 Å². The fourth-order valence-electron chi connectivity index (χ4n) is 1.39. The van der Waals surface area contributed by atoms with Crippen molar-refractivity contribution in [3.63, 3.8) is 0 Å². The van der Waals surface area contributed by atoms with Crippen molar-refractivity contribution in [1.29, 1.82) is 0 Å². The second kappa shape index (κ2) is 6.73. The number of nitrogens with zero attached hydrogens (tertiary/aromatic N) is 1. The number of rotatable bonds is 6. The molecule has 0 aromatic heterocycles. The van der Waals surface area contributed by atoms with Crippen molar-refractivity contribution >= 4 is 11.6 Å². The highest BCUT2D eigenvalue weighted by Crippen LogP contribution is 2.09. The van der Waals surface area contributed by atoms with E-state index >= 15 is 0 Å². The van der Waals surface area contributed by atoms with Gasteiger partial charge in [0.15, 0.2) is 0 Å². The molecule has 0 aliphatic rings. The Morgan fingerprint density at radius 1 is 1.25 bits per heavy atom. The molecule has 1 unspecified atom stereocenters. The Morgan fingerprint density at radius 2 is 1.83 bits per heavy atom. The monoisotopic (exact) mass is 191 g/mol. The molecular weight excluding hydrogens is 170 g/mol. The summed E-state index contributed by atoms with van der Waals surface area (Å²) in [6, 6.07) is 0.688. The first-order valence-electron chi connectivity index (χ1n) is 4.84. The largest absolute Gasteiger partial charge is 0.304 e. The molecule has 0 saturated heterocycles. The van der Waals surface area contributed by atoms with Crippen molar-refractivity contribution in [3.8, 4) is 0 Å². The summed E-state index contributed by atoms with van der Waals surface area (Å²) >= 11 is 5.63. The Balaban J connectivity index is 3.53. The van der Waals surface area contributed by atoms with E-state index in [1.165, 1.54) is 6.42 Å². The van der Waals surface area contributed by atoms with Crippen LogP contribution in [0.2, 0.25) is 0 Å². The maximum atomic E-state index is 5.63. The number of hydrogen-bond acceptors (Lipinski definition) is 1. The minimum Gasteiger partial charge on any atom is -0.304 e. The van der Waals surface area contributed by atoms with Gasteiger partial charge >= 0.3 is 0 Å². The van der Waals surface area contributed by atoms with E-state index < -0.39 is 0 Å². The summed E-state index contributed by atoms with van der Waals surface area (Å²) in [5.74, 6) is 1.57. The first-order chi connectivity index (χ1) is 5.57. The summed E-state index contributed by atoms with van der Waals surface area (Å²) in [6.07, 6.45) is 2.37. The highest BCUT2D eigenvalue weighted by Gasteiger charge is 2.09. The molecule has 0 heterocycles. The molecule has 0 rings (SSSR count). The minimum atomic E-state index is 0.688. The molecule has 0 fully saturated rings. The average Bonchev–Trinajstić information content (AvgIpc) is 1.98. The van der Waals surface area contributed by atoms with Gasteiger partial charge in [0.2, 0.25) is 0 Å². The van der Waals surface area contributed by atoms with Gasteiger partial charge in [-0.2, -0.15) is 0 Å². The Morgan fingerprint density at radius 3 is 2.25 bits per heavy atom. The topological polar surface area (TPSA) is 3.24 Å². The number of halogens is 1. The van der Waals surface area contributed by atoms with E-state index in [-0.39, 0.29) is 0 Å². The molecule has 0 aromatic rings. The summed E-state index contributed by atoms with van der Waals surface area (Å²) in [5, 5.41) is 0. The van der Waals surface area contributed by atoms with E-state index in [4.69, 9.17) is 11.6 Å². The third kappa shape index (κ3) is 5.84. The molecular formula is C10H22ClN. The molecule has 0 aromatic carbocycles. The van der Waals surface area contributed by atoms with Crippen molar-refractivity contribution in [1.82, 2.24) is 4.90 Å². The molecule has 2 heteroatoms. The van der Waals surface area contributed by atoms with Crippen LogP contribution in [-0.4, -0.2) is 30.4 Å². The molecule has 12 heavy (non-hydrogen) atoms. The van der Waals surface area contributed by atoms with Gasteiger partial charge in [-0.3, -0.25) is 0 Å². The van der Waals surface area contributed by atoms with Gasteiger partial charge in [0.25, 0.3) is 0 Å². The van der Waals surface area contributed by atoms with Gasteiger partial charge in [-0.1, -0.05) is 13.8 Å². The Hall–Kier alpha value is 0.250. The summed E-state index contributed by atoms with van der Waals surface area (Å²) in [6.45, 7) is 7.95. The van der Waals surface area contributed by atoms with Crippen LogP contribution in [0.15, 0.2) is 0 Å². The molecule has 0 saturated carbocycles. The zero-order valence-electron chi connectivity index (χ0n) is 8.81. The Labute approximate surface area is 82.1 Å². The van der Waals surface area contributed by atoms with Crippen molar-refractivity contribution in [3.05, 3.63) is 0 Å². The van der Waals surface area contributed by atoms with Crippen LogP contribution in [-0.2, 0) is 0 Å². The van der Waals surface area contributed by atoms with E-state index in [1.54, 1.807) is 0 Å². The van der Waals surface area contributed by atoms with Gasteiger partial charge in [0, 0.05) is 11.9 Å². The van der Waals surface area contributed by atoms with E-state index in [0.29, 0.717) is 6.04 Å². The van der Waals surface area contributed by atoms with E-state index in [0.717, 1.165) is 24.8 Å². The van der Waals surface area contributed by atoms with Crippen molar-refractivity contribution in [2.75, 3.05) is 19.5 Å². The van der Waals surface area contributed by atoms with E-state index in [1.807, 2.05) is 0 Å². The molecule has 0 amide bonds. The second-order valence-electron chi connectivity index (χ2n) is 4.00. The van der Waals surface area contributed by atoms with Crippen LogP contribution in [0, 0.1) is 5.92 Å². The minimum absolute atomic E-state index is 0.688. The molecule has 0 spiro atoms. The number of alkyl halides is 1. The molecule has 1 atom stereocenters. The van der Waals surface area contributed by atoms with Gasteiger partial charge in [-0.05, 0) is 39.3 Å². The normalized spacial score (nSPS) is 14.2. The van der Waals surface area contributed by atoms with E-state index in [2.05, 4.69) is 32.7 Å². The average molecular weight is 192 g/mol. The van der Waals surface area contributed by atoms with Gasteiger partial charge in [-0.15, -0.1) is 11.6 Å². The van der Waals surface area contributed by atoms with Gasteiger partial charge in [-0.25, -0.2) is 0 Å². The fraction of sp³-hybridized carbons (Fsp3) is 1.00. The molecule has 1 nitrogen and oxygen atoms in total. The first kappa shape index (κ1) is 12.2. The maximum absolute atomic E-state index is 5.63. The quantitative estimate of drug-likeness (QED) is 0.584. The van der Waals surface area contributed by atoms with Crippen molar-refractivity contribution < 1.29 is 0 Å². The SMILES string of the molecule is CC(C)CC(C)N(C)CCCCl. The Bertz CT molecular complexity index is 104. The lowest BCUT2D eigenvalue weighted by Crippen LogP contribution is -2.31. The lowest BCUT2D eigenvalue weighted by Gasteiger charge is -2.25. The van der Waals surface area contributed by atoms with Gasteiger partial charge in [0.1, 0.15) is 0 Å². The third-order valence-corrected chi connectivity index (χ3v) is 2.48. The van der Waals surface area contributed by atoms with Crippen LogP contribution < -0.4 is 0 Å². The molecule has 0 aliphatic carbocycles. The van der Waals surface area contributed by atoms with E-state index in [9.17, 15) is 0 Å². The fourth-order valence-corrected chi connectivity index (χ4v) is 1.51. The smallest absolute Gasteiger partial charge is 0.0235 e. The van der Waals surface area contributed by atoms with Crippen molar-refractivity contribution in [2.45, 2.75) is 39.7 Å². The summed E-state index contributed by atoms with van der Waals surface area (Å²) < 4.78 is 0. The second-order valence-corrected chi connectivity index (χ2v) is 4.38. The van der Waals surface area contributed by atoms with Crippen LogP contribution in [0.4, 0.5) is 0 Å². The van der Waals surface area contributed by atoms with Crippen LogP contribution in [0.25, 0.3) is 0 Å². The molecule has 0 radical (unpaired) electrons. The van der Waals surface area contributed by atoms with Gasteiger partial charge in [0.05, 0.1) is 0 Å². The first-order valence-corrected chi connectivity index (χ1v) is 5.37. The number of hydrogen-bond donors (Lipinski definition) is 0. The van der Waals surface area contributed by atoms with Crippen molar-refractivity contribution in [2.24, 2.45) is 5.92 Å². The standard InChI is InChI=1S/C10H22ClN/c1-9(2)8-10(3)12(4)7-5-6-11/h9-10H,5-8H2,1-4H3. The van der Waals surface area contributed by atoms with Crippen LogP contribution in [0.1, 0.15) is 33.6 Å². The highest BCUT2D eigenvalue weighted by molar-refractivity contribution is 6.17. The molecule has 0 N–H and O–H groups in total. The predicted octanol–water partition coefficient (Wildman–Crippen LogP) is 2.98. The van der Waals surface area contributed by atoms with Gasteiger partial charge < -0.3 is 4.90 Å². The highest BCUT2D eigenvalue weighted by atomic mass is 35.5. The lowest BCUT2D eigenvalue weighted by molar-refractivity contribution is 0.229. The molecule has 0 bridgehead atoms.